The number of piperazine rings is 1. The van der Waals surface area contributed by atoms with E-state index < -0.39 is 33.6 Å². The first-order valence-corrected chi connectivity index (χ1v) is 11.5. The molecule has 29 heavy (non-hydrogen) atoms. The number of halogens is 1. The van der Waals surface area contributed by atoms with Crippen LogP contribution in [0.5, 0.6) is 0 Å². The lowest BCUT2D eigenvalue weighted by Crippen LogP contribution is -2.58. The summed E-state index contributed by atoms with van der Waals surface area (Å²) in [5.41, 5.74) is 0. The van der Waals surface area contributed by atoms with E-state index in [2.05, 4.69) is 0 Å². The van der Waals surface area contributed by atoms with Gasteiger partial charge in [-0.1, -0.05) is 0 Å². The van der Waals surface area contributed by atoms with Crippen LogP contribution in [-0.4, -0.2) is 55.7 Å². The molecule has 1 saturated heterocycles. The number of carboxylic acids is 1. The van der Waals surface area contributed by atoms with Gasteiger partial charge in [-0.05, 0) is 61.8 Å². The number of benzene rings is 1. The molecule has 4 fully saturated rings. The lowest BCUT2D eigenvalue weighted by Gasteiger charge is -2.50. The summed E-state index contributed by atoms with van der Waals surface area (Å²) >= 11 is 0. The summed E-state index contributed by atoms with van der Waals surface area (Å²) in [6.45, 7) is 0.685. The van der Waals surface area contributed by atoms with E-state index in [1.165, 1.54) is 16.4 Å². The summed E-state index contributed by atoms with van der Waals surface area (Å²) < 4.78 is 39.8. The molecule has 1 aliphatic heterocycles. The van der Waals surface area contributed by atoms with Crippen LogP contribution >= 0.6 is 0 Å². The number of hydrogen-bond acceptors (Lipinski definition) is 5. The summed E-state index contributed by atoms with van der Waals surface area (Å²) in [5, 5.41) is 11.7. The second kappa shape index (κ2) is 7.68. The number of aliphatic carboxylic acids is 1. The van der Waals surface area contributed by atoms with Gasteiger partial charge in [0.05, 0.1) is 4.90 Å². The van der Waals surface area contributed by atoms with Crippen molar-refractivity contribution in [2.45, 2.75) is 30.6 Å². The van der Waals surface area contributed by atoms with Crippen molar-refractivity contribution >= 4 is 21.9 Å². The standard InChI is InChI=1S/C20H25FN2O5S/c21-15-5-7-16(8-6-15)29(27,28)23-11-9-22(10-12-23)19(24)17-13-1-3-14(4-2-13)18(17)20(25)26/h5-8,13-14,17-18H,1-4,9-12H2,(H,25,26)/p-1/t13?,14?,17-,18+/m1/s1. The number of amides is 1. The summed E-state index contributed by atoms with van der Waals surface area (Å²) in [7, 11) is -3.76. The van der Waals surface area contributed by atoms with Gasteiger partial charge in [0.2, 0.25) is 15.9 Å². The van der Waals surface area contributed by atoms with Crippen LogP contribution in [0.4, 0.5) is 4.39 Å². The highest BCUT2D eigenvalue weighted by atomic mass is 32.2. The highest BCUT2D eigenvalue weighted by Crippen LogP contribution is 2.49. The van der Waals surface area contributed by atoms with Gasteiger partial charge in [-0.25, -0.2) is 12.8 Å². The Morgan fingerprint density at radius 2 is 1.41 bits per heavy atom. The highest BCUT2D eigenvalue weighted by Gasteiger charge is 2.49. The third-order valence-corrected chi connectivity index (χ3v) is 8.69. The fraction of sp³-hybridized carbons (Fsp3) is 0.600. The lowest BCUT2D eigenvalue weighted by atomic mass is 9.58. The maximum atomic E-state index is 13.1. The Morgan fingerprint density at radius 1 is 0.897 bits per heavy atom. The Morgan fingerprint density at radius 3 is 1.93 bits per heavy atom. The Bertz CT molecular complexity index is 888. The van der Waals surface area contributed by atoms with E-state index >= 15 is 0 Å². The van der Waals surface area contributed by atoms with Crippen LogP contribution in [0.2, 0.25) is 0 Å². The van der Waals surface area contributed by atoms with Crippen molar-refractivity contribution in [3.63, 3.8) is 0 Å². The molecule has 7 nitrogen and oxygen atoms in total. The van der Waals surface area contributed by atoms with E-state index in [0.29, 0.717) is 0 Å². The zero-order valence-corrected chi connectivity index (χ0v) is 16.8. The van der Waals surface area contributed by atoms with Crippen LogP contribution in [0.3, 0.4) is 0 Å². The molecule has 0 aromatic heterocycles. The van der Waals surface area contributed by atoms with Gasteiger partial charge in [0.25, 0.3) is 0 Å². The molecule has 9 heteroatoms. The SMILES string of the molecule is O=C([O-])[C@H]1C2CCC(CC2)[C@H]1C(=O)N1CCN(S(=O)(=O)c2ccc(F)cc2)CC1. The van der Waals surface area contributed by atoms with Crippen LogP contribution in [0.25, 0.3) is 0 Å². The van der Waals surface area contributed by atoms with E-state index in [9.17, 15) is 27.5 Å². The van der Waals surface area contributed by atoms with Gasteiger partial charge in [-0.15, -0.1) is 0 Å². The monoisotopic (exact) mass is 423 g/mol. The van der Waals surface area contributed by atoms with Crippen LogP contribution < -0.4 is 5.11 Å². The number of carbonyl (C=O) groups is 2. The van der Waals surface area contributed by atoms with Gasteiger partial charge < -0.3 is 14.8 Å². The minimum Gasteiger partial charge on any atom is -0.550 e. The second-order valence-corrected chi connectivity index (χ2v) is 10.2. The first kappa shape index (κ1) is 20.3. The maximum absolute atomic E-state index is 13.1. The number of hydrogen-bond donors (Lipinski definition) is 0. The number of sulfonamides is 1. The molecule has 2 atom stereocenters. The molecule has 1 heterocycles. The van der Waals surface area contributed by atoms with Crippen molar-refractivity contribution in [1.29, 1.82) is 0 Å². The van der Waals surface area contributed by atoms with Gasteiger partial charge in [-0.2, -0.15) is 4.31 Å². The summed E-state index contributed by atoms with van der Waals surface area (Å²) in [5.74, 6) is -3.08. The normalized spacial score (nSPS) is 30.3. The van der Waals surface area contributed by atoms with Crippen molar-refractivity contribution in [3.8, 4) is 0 Å². The van der Waals surface area contributed by atoms with E-state index in [-0.39, 0.29) is 48.8 Å². The molecule has 0 radical (unpaired) electrons. The molecule has 1 amide bonds. The maximum Gasteiger partial charge on any atom is 0.243 e. The number of rotatable bonds is 4. The number of nitrogens with zero attached hydrogens (tertiary/aromatic N) is 2. The quantitative estimate of drug-likeness (QED) is 0.701. The molecule has 0 spiro atoms. The average molecular weight is 423 g/mol. The summed E-state index contributed by atoms with van der Waals surface area (Å²) in [6.07, 6.45) is 3.39. The second-order valence-electron chi connectivity index (χ2n) is 8.23. The Hall–Kier alpha value is -2.00. The number of carbonyl (C=O) groups excluding carboxylic acids is 2. The summed E-state index contributed by atoms with van der Waals surface area (Å²) in [6, 6.07) is 4.66. The topological polar surface area (TPSA) is 97.8 Å². The molecule has 0 unspecified atom stereocenters. The predicted octanol–water partition coefficient (Wildman–Crippen LogP) is 0.461. The molecule has 158 valence electrons. The molecule has 5 rings (SSSR count). The first-order valence-electron chi connectivity index (χ1n) is 10.0. The highest BCUT2D eigenvalue weighted by molar-refractivity contribution is 7.89. The largest absolute Gasteiger partial charge is 0.550 e. The van der Waals surface area contributed by atoms with E-state index in [0.717, 1.165) is 37.8 Å². The van der Waals surface area contributed by atoms with Crippen molar-refractivity contribution < 1.29 is 27.5 Å². The molecule has 3 aliphatic carbocycles. The van der Waals surface area contributed by atoms with Gasteiger partial charge in [-0.3, -0.25) is 4.79 Å². The fourth-order valence-electron chi connectivity index (χ4n) is 5.26. The van der Waals surface area contributed by atoms with Crippen LogP contribution in [0, 0.1) is 29.5 Å². The van der Waals surface area contributed by atoms with Gasteiger partial charge in [0.1, 0.15) is 5.82 Å². The minimum absolute atomic E-state index is 0.000840. The number of carboxylic acid groups (broad SMARTS) is 1. The van der Waals surface area contributed by atoms with E-state index in [1.807, 2.05) is 0 Å². The van der Waals surface area contributed by atoms with Crippen molar-refractivity contribution in [2.24, 2.45) is 23.7 Å². The zero-order valence-electron chi connectivity index (χ0n) is 16.0. The molecule has 4 aliphatic rings. The molecule has 1 aromatic carbocycles. The molecular weight excluding hydrogens is 399 g/mol. The van der Waals surface area contributed by atoms with Gasteiger partial charge in [0, 0.05) is 44.0 Å². The molecular formula is C20H24FN2O5S-. The third-order valence-electron chi connectivity index (χ3n) is 6.78. The molecule has 1 aromatic rings. The van der Waals surface area contributed by atoms with E-state index in [1.54, 1.807) is 4.90 Å². The van der Waals surface area contributed by atoms with Crippen molar-refractivity contribution in [1.82, 2.24) is 9.21 Å². The minimum atomic E-state index is -3.76. The van der Waals surface area contributed by atoms with Crippen LogP contribution in [0.1, 0.15) is 25.7 Å². The predicted molar refractivity (Wildman–Crippen MR) is 99.2 cm³/mol. The Labute approximate surface area is 169 Å². The molecule has 2 bridgehead atoms. The van der Waals surface area contributed by atoms with Gasteiger partial charge in [0.15, 0.2) is 0 Å². The fourth-order valence-corrected chi connectivity index (χ4v) is 6.68. The Balaban J connectivity index is 1.45. The van der Waals surface area contributed by atoms with E-state index in [4.69, 9.17) is 0 Å². The lowest BCUT2D eigenvalue weighted by molar-refractivity contribution is -0.318. The van der Waals surface area contributed by atoms with Crippen LogP contribution in [-0.2, 0) is 19.6 Å². The first-order chi connectivity index (χ1) is 13.8. The van der Waals surface area contributed by atoms with Crippen LogP contribution in [0.15, 0.2) is 29.2 Å². The molecule has 0 N–H and O–H groups in total. The Kier molecular flexibility index (Phi) is 5.37. The average Bonchev–Trinajstić information content (AvgIpc) is 2.73. The smallest absolute Gasteiger partial charge is 0.243 e. The molecule has 3 saturated carbocycles. The van der Waals surface area contributed by atoms with Crippen molar-refractivity contribution in [2.75, 3.05) is 26.2 Å². The third kappa shape index (κ3) is 3.66. The zero-order chi connectivity index (χ0) is 20.8. The van der Waals surface area contributed by atoms with Gasteiger partial charge >= 0.3 is 0 Å². The number of fused-ring (bicyclic) bond motifs is 3. The van der Waals surface area contributed by atoms with Crippen molar-refractivity contribution in [3.05, 3.63) is 30.1 Å². The summed E-state index contributed by atoms with van der Waals surface area (Å²) in [4.78, 5) is 26.5.